The molecule has 1 atom stereocenters. The summed E-state index contributed by atoms with van der Waals surface area (Å²) in [5, 5.41) is 15.5. The first kappa shape index (κ1) is 14.9. The Kier molecular flexibility index (Phi) is 3.99. The molecule has 4 rings (SSSR count). The van der Waals surface area contributed by atoms with Gasteiger partial charge in [0.25, 0.3) is 0 Å². The monoisotopic (exact) mass is 344 g/mol. The van der Waals surface area contributed by atoms with Crippen LogP contribution in [0.2, 0.25) is 0 Å². The van der Waals surface area contributed by atoms with E-state index in [0.29, 0.717) is 23.3 Å². The largest absolute Gasteiger partial charge is 0.461 e. The van der Waals surface area contributed by atoms with E-state index in [1.807, 2.05) is 5.38 Å². The van der Waals surface area contributed by atoms with Crippen LogP contribution < -0.4 is 10.6 Å². The van der Waals surface area contributed by atoms with Crippen LogP contribution in [0.5, 0.6) is 0 Å². The number of hydrogen-bond acceptors (Lipinski definition) is 6. The van der Waals surface area contributed by atoms with Crippen LogP contribution in [0.15, 0.2) is 34.4 Å². The van der Waals surface area contributed by atoms with Gasteiger partial charge in [-0.05, 0) is 30.9 Å². The van der Waals surface area contributed by atoms with Crippen molar-refractivity contribution in [3.8, 4) is 11.6 Å². The fourth-order valence-corrected chi connectivity index (χ4v) is 3.23. The molecule has 1 aliphatic rings. The molecule has 0 radical (unpaired) electrons. The van der Waals surface area contributed by atoms with Crippen molar-refractivity contribution in [2.24, 2.45) is 5.92 Å². The van der Waals surface area contributed by atoms with E-state index in [9.17, 15) is 4.79 Å². The summed E-state index contributed by atoms with van der Waals surface area (Å²) >= 11 is 1.57. The van der Waals surface area contributed by atoms with Crippen molar-refractivity contribution < 1.29 is 9.21 Å². The minimum atomic E-state index is -0.238. The molecule has 9 heteroatoms. The Labute approximate surface area is 141 Å². The van der Waals surface area contributed by atoms with Gasteiger partial charge in [0, 0.05) is 11.6 Å². The molecule has 124 valence electrons. The lowest BCUT2D eigenvalue weighted by molar-refractivity contribution is 0.235. The molecule has 3 N–H and O–H groups in total. The number of aromatic nitrogens is 4. The Morgan fingerprint density at radius 2 is 2.42 bits per heavy atom. The molecule has 1 unspecified atom stereocenters. The second-order valence-electron chi connectivity index (χ2n) is 5.60. The van der Waals surface area contributed by atoms with Gasteiger partial charge in [-0.1, -0.05) is 0 Å². The molecule has 24 heavy (non-hydrogen) atoms. The number of thiazole rings is 1. The van der Waals surface area contributed by atoms with Crippen LogP contribution in [-0.2, 0) is 6.54 Å². The summed E-state index contributed by atoms with van der Waals surface area (Å²) in [5.74, 6) is 2.10. The van der Waals surface area contributed by atoms with E-state index in [1.54, 1.807) is 35.9 Å². The molecule has 1 aliphatic carbocycles. The second kappa shape index (κ2) is 6.44. The molecule has 0 aromatic carbocycles. The lowest BCUT2D eigenvalue weighted by Gasteiger charge is -2.16. The molecule has 1 fully saturated rings. The van der Waals surface area contributed by atoms with Gasteiger partial charge in [-0.25, -0.2) is 14.8 Å². The molecule has 3 heterocycles. The zero-order valence-electron chi connectivity index (χ0n) is 12.7. The highest BCUT2D eigenvalue weighted by Crippen LogP contribution is 2.41. The molecule has 0 spiro atoms. The van der Waals surface area contributed by atoms with Gasteiger partial charge in [-0.2, -0.15) is 0 Å². The molecule has 3 aromatic rings. The predicted octanol–water partition coefficient (Wildman–Crippen LogP) is 2.47. The molecular weight excluding hydrogens is 328 g/mol. The van der Waals surface area contributed by atoms with Gasteiger partial charge in [0.2, 0.25) is 5.82 Å². The van der Waals surface area contributed by atoms with Crippen LogP contribution >= 0.6 is 11.3 Å². The van der Waals surface area contributed by atoms with Gasteiger partial charge in [-0.15, -0.1) is 16.4 Å². The van der Waals surface area contributed by atoms with Crippen LogP contribution in [0.3, 0.4) is 0 Å². The first-order valence-electron chi connectivity index (χ1n) is 7.68. The number of furan rings is 1. The van der Waals surface area contributed by atoms with Crippen molar-refractivity contribution >= 4 is 17.4 Å². The zero-order chi connectivity index (χ0) is 16.4. The summed E-state index contributed by atoms with van der Waals surface area (Å²) < 4.78 is 5.24. The Morgan fingerprint density at radius 3 is 3.12 bits per heavy atom. The number of carbonyl (C=O) groups is 1. The van der Waals surface area contributed by atoms with Crippen LogP contribution in [0, 0.1) is 5.92 Å². The fourth-order valence-electron chi connectivity index (χ4n) is 2.45. The summed E-state index contributed by atoms with van der Waals surface area (Å²) in [7, 11) is 0. The van der Waals surface area contributed by atoms with Crippen molar-refractivity contribution in [1.82, 2.24) is 30.8 Å². The maximum Gasteiger partial charge on any atom is 0.315 e. The molecule has 8 nitrogen and oxygen atoms in total. The number of hydrogen-bond donors (Lipinski definition) is 3. The minimum absolute atomic E-state index is 0.0154. The van der Waals surface area contributed by atoms with E-state index in [0.717, 1.165) is 17.8 Å². The van der Waals surface area contributed by atoms with Crippen LogP contribution in [0.1, 0.15) is 29.7 Å². The van der Waals surface area contributed by atoms with E-state index in [2.05, 4.69) is 30.8 Å². The number of carbonyl (C=O) groups excluding carboxylic acids is 1. The highest BCUT2D eigenvalue weighted by molar-refractivity contribution is 7.09. The number of rotatable bonds is 6. The van der Waals surface area contributed by atoms with E-state index in [4.69, 9.17) is 4.42 Å². The van der Waals surface area contributed by atoms with Gasteiger partial charge >= 0.3 is 6.03 Å². The number of amides is 2. The molecular formula is C15H16N6O2S. The summed E-state index contributed by atoms with van der Waals surface area (Å²) in [6.45, 7) is 0.259. The second-order valence-corrected chi connectivity index (χ2v) is 6.52. The van der Waals surface area contributed by atoms with Crippen LogP contribution in [-0.4, -0.2) is 26.2 Å². The Bertz CT molecular complexity index is 794. The Morgan fingerprint density at radius 1 is 1.50 bits per heavy atom. The van der Waals surface area contributed by atoms with E-state index in [1.165, 1.54) is 0 Å². The lowest BCUT2D eigenvalue weighted by atomic mass is 10.2. The van der Waals surface area contributed by atoms with Crippen molar-refractivity contribution in [1.29, 1.82) is 0 Å². The number of urea groups is 1. The van der Waals surface area contributed by atoms with Gasteiger partial charge in [0.05, 0.1) is 18.8 Å². The average Bonchev–Trinajstić information content (AvgIpc) is 3.07. The standard InChI is InChI=1S/C15H16N6O2S/c22-15(19-12(9-3-4-9)14-16-5-7-24-14)17-8-11-18-13(21-20-11)10-2-1-6-23-10/h1-2,5-7,9,12H,3-4,8H2,(H2,17,19,22)(H,18,20,21). The number of H-pyrrole nitrogens is 1. The number of nitrogens with one attached hydrogen (secondary N) is 3. The third-order valence-electron chi connectivity index (χ3n) is 3.79. The highest BCUT2D eigenvalue weighted by Gasteiger charge is 2.34. The normalized spacial score (nSPS) is 15.2. The molecule has 2 amide bonds. The summed E-state index contributed by atoms with van der Waals surface area (Å²) in [4.78, 5) is 20.8. The van der Waals surface area contributed by atoms with Gasteiger partial charge in [0.15, 0.2) is 5.76 Å². The third kappa shape index (κ3) is 3.30. The molecule has 1 saturated carbocycles. The SMILES string of the molecule is O=C(NCc1nc(-c2ccco2)n[nH]1)NC(c1nccs1)C1CC1. The number of nitrogens with zero attached hydrogens (tertiary/aromatic N) is 3. The minimum Gasteiger partial charge on any atom is -0.461 e. The van der Waals surface area contributed by atoms with Gasteiger partial charge < -0.3 is 15.1 Å². The molecule has 0 saturated heterocycles. The summed E-state index contributed by atoms with van der Waals surface area (Å²) in [6.07, 6.45) is 5.58. The van der Waals surface area contributed by atoms with Crippen LogP contribution in [0.25, 0.3) is 11.6 Å². The molecule has 3 aromatic heterocycles. The average molecular weight is 344 g/mol. The van der Waals surface area contributed by atoms with Crippen molar-refractivity contribution in [2.75, 3.05) is 0 Å². The van der Waals surface area contributed by atoms with Crippen molar-refractivity contribution in [3.63, 3.8) is 0 Å². The van der Waals surface area contributed by atoms with E-state index < -0.39 is 0 Å². The van der Waals surface area contributed by atoms with Crippen LogP contribution in [0.4, 0.5) is 4.79 Å². The third-order valence-corrected chi connectivity index (χ3v) is 4.65. The quantitative estimate of drug-likeness (QED) is 0.636. The highest BCUT2D eigenvalue weighted by atomic mass is 32.1. The fraction of sp³-hybridized carbons (Fsp3) is 0.333. The lowest BCUT2D eigenvalue weighted by Crippen LogP contribution is -2.38. The maximum absolute atomic E-state index is 12.2. The van der Waals surface area contributed by atoms with Gasteiger partial charge in [0.1, 0.15) is 10.8 Å². The summed E-state index contributed by atoms with van der Waals surface area (Å²) in [6, 6.07) is 3.30. The first-order chi connectivity index (χ1) is 11.8. The van der Waals surface area contributed by atoms with Gasteiger partial charge in [-0.3, -0.25) is 5.10 Å². The molecule has 0 bridgehead atoms. The van der Waals surface area contributed by atoms with Crippen molar-refractivity contribution in [2.45, 2.75) is 25.4 Å². The summed E-state index contributed by atoms with van der Waals surface area (Å²) in [5.41, 5.74) is 0. The maximum atomic E-state index is 12.2. The number of aromatic amines is 1. The topological polar surface area (TPSA) is 109 Å². The zero-order valence-corrected chi connectivity index (χ0v) is 13.5. The predicted molar refractivity (Wildman–Crippen MR) is 87.0 cm³/mol. The van der Waals surface area contributed by atoms with E-state index in [-0.39, 0.29) is 18.6 Å². The smallest absolute Gasteiger partial charge is 0.315 e. The Balaban J connectivity index is 1.33. The van der Waals surface area contributed by atoms with E-state index >= 15 is 0 Å². The first-order valence-corrected chi connectivity index (χ1v) is 8.56. The molecule has 0 aliphatic heterocycles. The van der Waals surface area contributed by atoms with Crippen molar-refractivity contribution in [3.05, 3.63) is 40.8 Å². The Hall–Kier alpha value is -2.68.